The molecule has 19 heavy (non-hydrogen) atoms. The first-order valence-electron chi connectivity index (χ1n) is 5.97. The van der Waals surface area contributed by atoms with Crippen LogP contribution in [0.2, 0.25) is 0 Å². The average molecular weight is 277 g/mol. The van der Waals surface area contributed by atoms with Crippen LogP contribution >= 0.6 is 11.8 Å². The van der Waals surface area contributed by atoms with Crippen molar-refractivity contribution in [3.8, 4) is 5.75 Å². The van der Waals surface area contributed by atoms with E-state index in [0.717, 1.165) is 16.2 Å². The number of benzene rings is 2. The van der Waals surface area contributed by atoms with Crippen LogP contribution in [0.3, 0.4) is 0 Å². The molecule has 100 valence electrons. The zero-order valence-electron chi connectivity index (χ0n) is 10.9. The Hall–Kier alpha value is -1.52. The fourth-order valence-corrected chi connectivity index (χ4v) is 2.54. The van der Waals surface area contributed by atoms with E-state index in [1.54, 1.807) is 13.2 Å². The second-order valence-electron chi connectivity index (χ2n) is 4.26. The Morgan fingerprint density at radius 3 is 2.63 bits per heavy atom. The first-order valence-corrected chi connectivity index (χ1v) is 6.78. The van der Waals surface area contributed by atoms with Gasteiger partial charge in [-0.2, -0.15) is 0 Å². The molecule has 0 spiro atoms. The van der Waals surface area contributed by atoms with Crippen molar-refractivity contribution in [2.24, 2.45) is 5.73 Å². The quantitative estimate of drug-likeness (QED) is 0.917. The highest BCUT2D eigenvalue weighted by Gasteiger charge is 2.08. The molecule has 2 aromatic carbocycles. The molecule has 0 saturated carbocycles. The summed E-state index contributed by atoms with van der Waals surface area (Å²) >= 11 is 1.37. The molecule has 0 fully saturated rings. The van der Waals surface area contributed by atoms with Crippen LogP contribution in [0.1, 0.15) is 18.5 Å². The number of halogens is 1. The maximum absolute atomic E-state index is 14.0. The van der Waals surface area contributed by atoms with Gasteiger partial charge in [0.2, 0.25) is 0 Å². The number of hydrogen-bond donors (Lipinski definition) is 1. The molecule has 2 N–H and O–H groups in total. The molecule has 0 heterocycles. The molecule has 0 radical (unpaired) electrons. The normalized spacial score (nSPS) is 12.2. The molecule has 2 aromatic rings. The molecule has 0 bridgehead atoms. The Morgan fingerprint density at radius 2 is 2.00 bits per heavy atom. The SMILES string of the molecule is COc1cccc(Sc2ccc(C(C)N)cc2F)c1. The van der Waals surface area contributed by atoms with E-state index in [4.69, 9.17) is 10.5 Å². The first kappa shape index (κ1) is 13.9. The van der Waals surface area contributed by atoms with Crippen LogP contribution in [0.15, 0.2) is 52.3 Å². The highest BCUT2D eigenvalue weighted by molar-refractivity contribution is 7.99. The summed E-state index contributed by atoms with van der Waals surface area (Å²) < 4.78 is 19.1. The van der Waals surface area contributed by atoms with E-state index in [1.807, 2.05) is 37.3 Å². The van der Waals surface area contributed by atoms with Gasteiger partial charge in [0.05, 0.1) is 7.11 Å². The summed E-state index contributed by atoms with van der Waals surface area (Å²) in [6.07, 6.45) is 0. The number of methoxy groups -OCH3 is 1. The van der Waals surface area contributed by atoms with Gasteiger partial charge in [0.25, 0.3) is 0 Å². The summed E-state index contributed by atoms with van der Waals surface area (Å²) in [6, 6.07) is 12.5. The second kappa shape index (κ2) is 6.08. The highest BCUT2D eigenvalue weighted by atomic mass is 32.2. The van der Waals surface area contributed by atoms with E-state index in [1.165, 1.54) is 17.8 Å². The van der Waals surface area contributed by atoms with E-state index in [-0.39, 0.29) is 11.9 Å². The van der Waals surface area contributed by atoms with Crippen molar-refractivity contribution in [2.75, 3.05) is 7.11 Å². The second-order valence-corrected chi connectivity index (χ2v) is 5.37. The summed E-state index contributed by atoms with van der Waals surface area (Å²) in [7, 11) is 1.61. The van der Waals surface area contributed by atoms with Crippen LogP contribution < -0.4 is 10.5 Å². The fraction of sp³-hybridized carbons (Fsp3) is 0.200. The van der Waals surface area contributed by atoms with Gasteiger partial charge in [0, 0.05) is 15.8 Å². The van der Waals surface area contributed by atoms with Crippen LogP contribution in [0.4, 0.5) is 4.39 Å². The lowest BCUT2D eigenvalue weighted by molar-refractivity contribution is 0.413. The van der Waals surface area contributed by atoms with Gasteiger partial charge in [-0.3, -0.25) is 0 Å². The third-order valence-electron chi connectivity index (χ3n) is 2.75. The van der Waals surface area contributed by atoms with Crippen LogP contribution in [0.25, 0.3) is 0 Å². The van der Waals surface area contributed by atoms with Gasteiger partial charge in [-0.25, -0.2) is 4.39 Å². The van der Waals surface area contributed by atoms with E-state index in [0.29, 0.717) is 4.90 Å². The molecule has 0 aliphatic carbocycles. The van der Waals surface area contributed by atoms with Crippen LogP contribution in [0, 0.1) is 5.82 Å². The number of ether oxygens (including phenoxy) is 1. The third-order valence-corrected chi connectivity index (χ3v) is 3.79. The van der Waals surface area contributed by atoms with Crippen molar-refractivity contribution in [3.63, 3.8) is 0 Å². The lowest BCUT2D eigenvalue weighted by atomic mass is 10.1. The molecule has 0 aromatic heterocycles. The van der Waals surface area contributed by atoms with Crippen LogP contribution in [-0.2, 0) is 0 Å². The monoisotopic (exact) mass is 277 g/mol. The standard InChI is InChI=1S/C15H16FNOS/c1-10(17)11-6-7-15(14(16)8-11)19-13-5-3-4-12(9-13)18-2/h3-10H,17H2,1-2H3. The zero-order chi connectivity index (χ0) is 13.8. The fourth-order valence-electron chi connectivity index (χ4n) is 1.67. The van der Waals surface area contributed by atoms with Gasteiger partial charge in [-0.05, 0) is 42.8 Å². The van der Waals surface area contributed by atoms with Crippen molar-refractivity contribution in [1.29, 1.82) is 0 Å². The Balaban J connectivity index is 2.23. The van der Waals surface area contributed by atoms with Crippen molar-refractivity contribution in [2.45, 2.75) is 22.8 Å². The lowest BCUT2D eigenvalue weighted by Gasteiger charge is -2.09. The van der Waals surface area contributed by atoms with Crippen LogP contribution in [-0.4, -0.2) is 7.11 Å². The lowest BCUT2D eigenvalue weighted by Crippen LogP contribution is -2.05. The summed E-state index contributed by atoms with van der Waals surface area (Å²) in [4.78, 5) is 1.52. The van der Waals surface area contributed by atoms with E-state index in [2.05, 4.69) is 0 Å². The molecule has 0 aliphatic heterocycles. The molecule has 0 saturated heterocycles. The molecule has 0 amide bonds. The topological polar surface area (TPSA) is 35.2 Å². The molecule has 0 aliphatic rings. The number of nitrogens with two attached hydrogens (primary N) is 1. The molecule has 1 atom stereocenters. The molecule has 1 unspecified atom stereocenters. The van der Waals surface area contributed by atoms with Crippen molar-refractivity contribution in [1.82, 2.24) is 0 Å². The predicted molar refractivity (Wildman–Crippen MR) is 76.1 cm³/mol. The number of hydrogen-bond acceptors (Lipinski definition) is 3. The van der Waals surface area contributed by atoms with Gasteiger partial charge in [-0.1, -0.05) is 23.9 Å². The minimum Gasteiger partial charge on any atom is -0.497 e. The summed E-state index contributed by atoms with van der Waals surface area (Å²) in [5, 5.41) is 0. The largest absolute Gasteiger partial charge is 0.497 e. The molecule has 2 rings (SSSR count). The predicted octanol–water partition coefficient (Wildman–Crippen LogP) is 4.01. The minimum atomic E-state index is -0.248. The van der Waals surface area contributed by atoms with Crippen molar-refractivity contribution < 1.29 is 9.13 Å². The van der Waals surface area contributed by atoms with Crippen LogP contribution in [0.5, 0.6) is 5.75 Å². The smallest absolute Gasteiger partial charge is 0.137 e. The van der Waals surface area contributed by atoms with Gasteiger partial charge in [0.1, 0.15) is 11.6 Å². The van der Waals surface area contributed by atoms with Crippen molar-refractivity contribution in [3.05, 3.63) is 53.8 Å². The Morgan fingerprint density at radius 1 is 1.21 bits per heavy atom. The van der Waals surface area contributed by atoms with E-state index < -0.39 is 0 Å². The van der Waals surface area contributed by atoms with Gasteiger partial charge >= 0.3 is 0 Å². The van der Waals surface area contributed by atoms with Crippen molar-refractivity contribution >= 4 is 11.8 Å². The summed E-state index contributed by atoms with van der Waals surface area (Å²) in [6.45, 7) is 1.84. The van der Waals surface area contributed by atoms with E-state index in [9.17, 15) is 4.39 Å². The highest BCUT2D eigenvalue weighted by Crippen LogP contribution is 2.32. The Kier molecular flexibility index (Phi) is 4.45. The molecular weight excluding hydrogens is 261 g/mol. The van der Waals surface area contributed by atoms with E-state index >= 15 is 0 Å². The maximum atomic E-state index is 14.0. The average Bonchev–Trinajstić information content (AvgIpc) is 2.41. The third kappa shape index (κ3) is 3.49. The molecular formula is C15H16FNOS. The zero-order valence-corrected chi connectivity index (χ0v) is 11.7. The number of rotatable bonds is 4. The Labute approximate surface area is 116 Å². The first-order chi connectivity index (χ1) is 9.10. The van der Waals surface area contributed by atoms with Gasteiger partial charge in [0.15, 0.2) is 0 Å². The van der Waals surface area contributed by atoms with Gasteiger partial charge in [-0.15, -0.1) is 0 Å². The summed E-state index contributed by atoms with van der Waals surface area (Å²) in [5.41, 5.74) is 6.53. The summed E-state index contributed by atoms with van der Waals surface area (Å²) in [5.74, 6) is 0.514. The molecule has 4 heteroatoms. The maximum Gasteiger partial charge on any atom is 0.137 e. The van der Waals surface area contributed by atoms with Gasteiger partial charge < -0.3 is 10.5 Å². The minimum absolute atomic E-state index is 0.162. The molecule has 2 nitrogen and oxygen atoms in total. The Bertz CT molecular complexity index is 572.